The third-order valence-corrected chi connectivity index (χ3v) is 5.37. The minimum atomic E-state index is -0.421. The highest BCUT2D eigenvalue weighted by molar-refractivity contribution is 7.16. The van der Waals surface area contributed by atoms with E-state index in [-0.39, 0.29) is 5.82 Å². The quantitative estimate of drug-likeness (QED) is 0.531. The molecule has 130 valence electrons. The number of thiazole rings is 1. The van der Waals surface area contributed by atoms with Crippen molar-refractivity contribution in [3.8, 4) is 5.75 Å². The number of nitrogens with zero attached hydrogens (tertiary/aromatic N) is 2. The average Bonchev–Trinajstić information content (AvgIpc) is 2.97. The molecule has 0 atom stereocenters. The van der Waals surface area contributed by atoms with Crippen molar-refractivity contribution in [2.75, 3.05) is 7.11 Å². The van der Waals surface area contributed by atoms with Crippen molar-refractivity contribution in [2.45, 2.75) is 0 Å². The molecule has 0 unspecified atom stereocenters. The first-order valence-corrected chi connectivity index (χ1v) is 8.80. The molecule has 0 radical (unpaired) electrons. The van der Waals surface area contributed by atoms with E-state index in [9.17, 15) is 9.18 Å². The van der Waals surface area contributed by atoms with Crippen LogP contribution in [-0.2, 0) is 7.05 Å². The summed E-state index contributed by atoms with van der Waals surface area (Å²) in [5.41, 5.74) is 0.818. The van der Waals surface area contributed by atoms with Gasteiger partial charge >= 0.3 is 0 Å². The van der Waals surface area contributed by atoms with Crippen molar-refractivity contribution >= 4 is 38.2 Å². The molecule has 3 aromatic carbocycles. The molecular weight excluding hydrogens is 351 g/mol. The van der Waals surface area contributed by atoms with Gasteiger partial charge in [0.05, 0.1) is 22.9 Å². The lowest BCUT2D eigenvalue weighted by atomic mass is 10.1. The fourth-order valence-corrected chi connectivity index (χ4v) is 4.00. The number of hydrogen-bond acceptors (Lipinski definition) is 3. The van der Waals surface area contributed by atoms with Crippen molar-refractivity contribution in [1.82, 2.24) is 4.57 Å². The van der Waals surface area contributed by atoms with Crippen LogP contribution in [-0.4, -0.2) is 17.6 Å². The molecule has 26 heavy (non-hydrogen) atoms. The SMILES string of the molecule is COc1cc2ccccc2cc1C(=O)N=c1sc2cccc(F)c2n1C. The first-order chi connectivity index (χ1) is 12.6. The number of aromatic nitrogens is 1. The molecule has 4 rings (SSSR count). The van der Waals surface area contributed by atoms with E-state index in [0.29, 0.717) is 21.6 Å². The van der Waals surface area contributed by atoms with Crippen molar-refractivity contribution in [1.29, 1.82) is 0 Å². The van der Waals surface area contributed by atoms with Gasteiger partial charge in [0, 0.05) is 7.05 Å². The number of carbonyl (C=O) groups is 1. The second kappa shape index (κ2) is 6.38. The van der Waals surface area contributed by atoms with E-state index in [1.54, 1.807) is 23.7 Å². The summed E-state index contributed by atoms with van der Waals surface area (Å²) in [4.78, 5) is 17.5. The van der Waals surface area contributed by atoms with E-state index in [4.69, 9.17) is 4.74 Å². The van der Waals surface area contributed by atoms with Crippen LogP contribution in [0.25, 0.3) is 21.0 Å². The van der Waals surface area contributed by atoms with Gasteiger partial charge in [-0.2, -0.15) is 4.99 Å². The molecule has 1 heterocycles. The molecule has 0 aliphatic heterocycles. The lowest BCUT2D eigenvalue weighted by molar-refractivity contribution is 0.0995. The summed E-state index contributed by atoms with van der Waals surface area (Å²) in [5, 5.41) is 1.91. The van der Waals surface area contributed by atoms with Gasteiger partial charge in [-0.3, -0.25) is 4.79 Å². The minimum Gasteiger partial charge on any atom is -0.496 e. The third-order valence-electron chi connectivity index (χ3n) is 4.27. The van der Waals surface area contributed by atoms with Gasteiger partial charge in [-0.15, -0.1) is 0 Å². The Hall–Kier alpha value is -2.99. The van der Waals surface area contributed by atoms with Gasteiger partial charge in [0.2, 0.25) is 0 Å². The summed E-state index contributed by atoms with van der Waals surface area (Å²) in [6.45, 7) is 0. The monoisotopic (exact) mass is 366 g/mol. The number of carbonyl (C=O) groups excluding carboxylic acids is 1. The number of hydrogen-bond donors (Lipinski definition) is 0. The van der Waals surface area contributed by atoms with Gasteiger partial charge < -0.3 is 9.30 Å². The van der Waals surface area contributed by atoms with Gasteiger partial charge in [0.1, 0.15) is 11.6 Å². The van der Waals surface area contributed by atoms with Crippen molar-refractivity contribution < 1.29 is 13.9 Å². The Labute approximate surface area is 152 Å². The fraction of sp³-hybridized carbons (Fsp3) is 0.100. The van der Waals surface area contributed by atoms with Crippen molar-refractivity contribution in [3.63, 3.8) is 0 Å². The van der Waals surface area contributed by atoms with Crippen molar-refractivity contribution in [2.24, 2.45) is 12.0 Å². The van der Waals surface area contributed by atoms with Crippen LogP contribution in [0.1, 0.15) is 10.4 Å². The Bertz CT molecular complexity index is 1220. The van der Waals surface area contributed by atoms with E-state index in [2.05, 4.69) is 4.99 Å². The van der Waals surface area contributed by atoms with E-state index in [1.807, 2.05) is 36.4 Å². The number of aryl methyl sites for hydroxylation is 1. The molecule has 0 bridgehead atoms. The molecule has 0 saturated heterocycles. The molecule has 0 fully saturated rings. The van der Waals surface area contributed by atoms with Crippen LogP contribution >= 0.6 is 11.3 Å². The molecule has 0 aliphatic rings. The molecule has 1 amide bonds. The van der Waals surface area contributed by atoms with Crippen LogP contribution in [0.15, 0.2) is 59.6 Å². The van der Waals surface area contributed by atoms with Crippen molar-refractivity contribution in [3.05, 3.63) is 70.8 Å². The molecule has 4 aromatic rings. The van der Waals surface area contributed by atoms with Gasteiger partial charge in [-0.05, 0) is 35.0 Å². The number of ether oxygens (including phenoxy) is 1. The number of rotatable bonds is 2. The van der Waals surface area contributed by atoms with Gasteiger partial charge in [-0.1, -0.05) is 41.7 Å². The smallest absolute Gasteiger partial charge is 0.283 e. The predicted molar refractivity (Wildman–Crippen MR) is 101 cm³/mol. The predicted octanol–water partition coefficient (Wildman–Crippen LogP) is 4.28. The number of methoxy groups -OCH3 is 1. The lowest BCUT2D eigenvalue weighted by Gasteiger charge is -2.07. The molecule has 0 aliphatic carbocycles. The van der Waals surface area contributed by atoms with Gasteiger partial charge in [0.15, 0.2) is 4.80 Å². The average molecular weight is 366 g/mol. The van der Waals surface area contributed by atoms with Gasteiger partial charge in [-0.25, -0.2) is 4.39 Å². The first kappa shape index (κ1) is 16.5. The first-order valence-electron chi connectivity index (χ1n) is 7.98. The number of para-hydroxylation sites is 1. The summed E-state index contributed by atoms with van der Waals surface area (Å²) in [7, 11) is 3.22. The fourth-order valence-electron chi connectivity index (χ4n) is 2.97. The molecule has 0 spiro atoms. The zero-order chi connectivity index (χ0) is 18.3. The van der Waals surface area contributed by atoms with Crippen LogP contribution in [0, 0.1) is 5.82 Å². The second-order valence-corrected chi connectivity index (χ2v) is 6.86. The summed E-state index contributed by atoms with van der Waals surface area (Å²) in [6.07, 6.45) is 0. The Morgan fingerprint density at radius 1 is 1.12 bits per heavy atom. The Kier molecular flexibility index (Phi) is 4.05. The summed E-state index contributed by atoms with van der Waals surface area (Å²) < 4.78 is 21.8. The van der Waals surface area contributed by atoms with E-state index < -0.39 is 5.91 Å². The summed E-state index contributed by atoms with van der Waals surface area (Å²) in [5.74, 6) is -0.291. The molecule has 0 saturated carbocycles. The molecule has 0 N–H and O–H groups in total. The zero-order valence-electron chi connectivity index (χ0n) is 14.2. The molecule has 6 heteroatoms. The molecule has 4 nitrogen and oxygen atoms in total. The molecule has 1 aromatic heterocycles. The maximum absolute atomic E-state index is 14.1. The highest BCUT2D eigenvalue weighted by atomic mass is 32.1. The van der Waals surface area contributed by atoms with E-state index >= 15 is 0 Å². The number of benzene rings is 3. The number of amides is 1. The number of halogens is 1. The van der Waals surface area contributed by atoms with Crippen LogP contribution in [0.2, 0.25) is 0 Å². The standard InChI is InChI=1S/C20H15FN2O2S/c1-23-18-15(21)8-5-9-17(18)26-20(23)22-19(24)14-10-12-6-3-4-7-13(12)11-16(14)25-2/h3-11H,1-2H3. The molecular formula is C20H15FN2O2S. The Morgan fingerprint density at radius 2 is 1.85 bits per heavy atom. The highest BCUT2D eigenvalue weighted by Crippen LogP contribution is 2.27. The summed E-state index contributed by atoms with van der Waals surface area (Å²) in [6, 6.07) is 16.2. The maximum Gasteiger partial charge on any atom is 0.283 e. The van der Waals surface area contributed by atoms with E-state index in [1.165, 1.54) is 24.5 Å². The minimum absolute atomic E-state index is 0.335. The largest absolute Gasteiger partial charge is 0.496 e. The normalized spacial score (nSPS) is 12.0. The van der Waals surface area contributed by atoms with Crippen LogP contribution in [0.3, 0.4) is 0 Å². The topological polar surface area (TPSA) is 43.6 Å². The Morgan fingerprint density at radius 3 is 2.54 bits per heavy atom. The van der Waals surface area contributed by atoms with E-state index in [0.717, 1.165) is 15.5 Å². The summed E-state index contributed by atoms with van der Waals surface area (Å²) >= 11 is 1.27. The van der Waals surface area contributed by atoms with Crippen LogP contribution in [0.4, 0.5) is 4.39 Å². The van der Waals surface area contributed by atoms with Crippen LogP contribution in [0.5, 0.6) is 5.75 Å². The highest BCUT2D eigenvalue weighted by Gasteiger charge is 2.14. The van der Waals surface area contributed by atoms with Crippen LogP contribution < -0.4 is 9.54 Å². The third kappa shape index (κ3) is 2.68. The number of fused-ring (bicyclic) bond motifs is 2. The second-order valence-electron chi connectivity index (χ2n) is 5.85. The lowest BCUT2D eigenvalue weighted by Crippen LogP contribution is -2.14. The Balaban J connectivity index is 1.89. The zero-order valence-corrected chi connectivity index (χ0v) is 15.0. The maximum atomic E-state index is 14.1. The van der Waals surface area contributed by atoms with Gasteiger partial charge in [0.25, 0.3) is 5.91 Å².